The van der Waals surface area contributed by atoms with E-state index in [1.807, 2.05) is 0 Å². The van der Waals surface area contributed by atoms with Crippen molar-refractivity contribution in [1.82, 2.24) is 0 Å². The van der Waals surface area contributed by atoms with Crippen molar-refractivity contribution in [3.8, 4) is 0 Å². The Kier molecular flexibility index (Phi) is 3.24. The minimum Gasteiger partial charge on any atom is -0.481 e. The molecule has 1 unspecified atom stereocenters. The summed E-state index contributed by atoms with van der Waals surface area (Å²) in [5.41, 5.74) is -1.82. The van der Waals surface area contributed by atoms with Gasteiger partial charge in [0.05, 0.1) is 11.0 Å². The van der Waals surface area contributed by atoms with Crippen LogP contribution in [0.15, 0.2) is 0 Å². The standard InChI is InChI=1S/C13H22O3S/c1-11(2)3-4-13(16,9-11)12(10(14)15)5-7-17-8-6-12/h16H,3-9H2,1-2H3,(H,14,15). The maximum atomic E-state index is 11.7. The molecular formula is C13H22O3S. The van der Waals surface area contributed by atoms with E-state index in [1.54, 1.807) is 11.8 Å². The van der Waals surface area contributed by atoms with Gasteiger partial charge in [0.1, 0.15) is 0 Å². The van der Waals surface area contributed by atoms with Crippen LogP contribution in [0.1, 0.15) is 46.0 Å². The summed E-state index contributed by atoms with van der Waals surface area (Å²) >= 11 is 1.80. The Morgan fingerprint density at radius 3 is 2.12 bits per heavy atom. The first-order valence-corrected chi connectivity index (χ1v) is 7.50. The van der Waals surface area contributed by atoms with Crippen LogP contribution < -0.4 is 0 Å². The first kappa shape index (κ1) is 13.2. The SMILES string of the molecule is CC1(C)CCC(O)(C2(C(=O)O)CCSCC2)C1. The molecule has 0 spiro atoms. The fraction of sp³-hybridized carbons (Fsp3) is 0.923. The number of carboxylic acids is 1. The van der Waals surface area contributed by atoms with Gasteiger partial charge in [-0.3, -0.25) is 4.79 Å². The van der Waals surface area contributed by atoms with Crippen LogP contribution in [-0.2, 0) is 4.79 Å². The Bertz CT molecular complexity index is 321. The molecule has 1 aliphatic heterocycles. The lowest BCUT2D eigenvalue weighted by atomic mass is 9.65. The summed E-state index contributed by atoms with van der Waals surface area (Å²) in [7, 11) is 0. The van der Waals surface area contributed by atoms with Crippen LogP contribution in [0.3, 0.4) is 0 Å². The number of thioether (sulfide) groups is 1. The van der Waals surface area contributed by atoms with Crippen molar-refractivity contribution >= 4 is 17.7 Å². The molecule has 0 amide bonds. The molecule has 0 aromatic rings. The van der Waals surface area contributed by atoms with Gasteiger partial charge in [0, 0.05) is 0 Å². The van der Waals surface area contributed by atoms with Gasteiger partial charge in [-0.05, 0) is 49.0 Å². The average Bonchev–Trinajstić information content (AvgIpc) is 2.55. The Morgan fingerprint density at radius 1 is 1.12 bits per heavy atom. The molecule has 2 fully saturated rings. The summed E-state index contributed by atoms with van der Waals surface area (Å²) < 4.78 is 0. The van der Waals surface area contributed by atoms with Crippen LogP contribution in [-0.4, -0.2) is 33.3 Å². The minimum absolute atomic E-state index is 0.0712. The smallest absolute Gasteiger partial charge is 0.312 e. The average molecular weight is 258 g/mol. The van der Waals surface area contributed by atoms with Crippen LogP contribution in [0, 0.1) is 10.8 Å². The van der Waals surface area contributed by atoms with Gasteiger partial charge in [-0.25, -0.2) is 0 Å². The molecule has 3 nitrogen and oxygen atoms in total. The normalized spacial score (nSPS) is 35.7. The van der Waals surface area contributed by atoms with E-state index in [2.05, 4.69) is 13.8 Å². The monoisotopic (exact) mass is 258 g/mol. The molecule has 98 valence electrons. The second kappa shape index (κ2) is 4.16. The van der Waals surface area contributed by atoms with E-state index in [0.717, 1.165) is 17.9 Å². The van der Waals surface area contributed by atoms with Crippen molar-refractivity contribution in [2.45, 2.75) is 51.6 Å². The van der Waals surface area contributed by atoms with E-state index in [9.17, 15) is 15.0 Å². The van der Waals surface area contributed by atoms with Gasteiger partial charge in [0.2, 0.25) is 0 Å². The molecule has 1 saturated heterocycles. The second-order valence-corrected chi connectivity index (χ2v) is 7.60. The van der Waals surface area contributed by atoms with Crippen LogP contribution in [0.2, 0.25) is 0 Å². The predicted octanol–water partition coefficient (Wildman–Crippen LogP) is 2.53. The number of hydrogen-bond donors (Lipinski definition) is 2. The van der Waals surface area contributed by atoms with Crippen LogP contribution >= 0.6 is 11.8 Å². The van der Waals surface area contributed by atoms with Gasteiger partial charge in [-0.2, -0.15) is 11.8 Å². The largest absolute Gasteiger partial charge is 0.481 e. The molecule has 0 bridgehead atoms. The summed E-state index contributed by atoms with van der Waals surface area (Å²) in [6, 6.07) is 0. The van der Waals surface area contributed by atoms with Crippen LogP contribution in [0.4, 0.5) is 0 Å². The molecule has 0 aromatic carbocycles. The molecule has 4 heteroatoms. The van der Waals surface area contributed by atoms with E-state index in [1.165, 1.54) is 0 Å². The number of carboxylic acid groups (broad SMARTS) is 1. The topological polar surface area (TPSA) is 57.5 Å². The molecule has 1 atom stereocenters. The first-order valence-electron chi connectivity index (χ1n) is 6.35. The molecule has 0 aromatic heterocycles. The number of aliphatic hydroxyl groups is 1. The summed E-state index contributed by atoms with van der Waals surface area (Å²) in [5, 5.41) is 20.5. The highest BCUT2D eigenvalue weighted by molar-refractivity contribution is 7.99. The van der Waals surface area contributed by atoms with Gasteiger partial charge >= 0.3 is 5.97 Å². The van der Waals surface area contributed by atoms with E-state index in [0.29, 0.717) is 25.7 Å². The minimum atomic E-state index is -0.997. The van der Waals surface area contributed by atoms with E-state index in [4.69, 9.17) is 0 Å². The van der Waals surface area contributed by atoms with Crippen molar-refractivity contribution in [2.75, 3.05) is 11.5 Å². The third kappa shape index (κ3) is 2.10. The first-order chi connectivity index (χ1) is 7.81. The number of hydrogen-bond acceptors (Lipinski definition) is 3. The molecule has 1 saturated carbocycles. The Hall–Kier alpha value is -0.220. The fourth-order valence-electron chi connectivity index (χ4n) is 3.52. The Morgan fingerprint density at radius 2 is 1.71 bits per heavy atom. The summed E-state index contributed by atoms with van der Waals surface area (Å²) in [6.45, 7) is 4.25. The molecule has 17 heavy (non-hydrogen) atoms. The van der Waals surface area contributed by atoms with E-state index < -0.39 is 17.0 Å². The molecule has 0 radical (unpaired) electrons. The molecule has 2 aliphatic rings. The quantitative estimate of drug-likeness (QED) is 0.799. The molecule has 2 N–H and O–H groups in total. The third-order valence-electron chi connectivity index (χ3n) is 4.63. The van der Waals surface area contributed by atoms with Crippen LogP contribution in [0.25, 0.3) is 0 Å². The van der Waals surface area contributed by atoms with Gasteiger partial charge in [0.25, 0.3) is 0 Å². The maximum absolute atomic E-state index is 11.7. The van der Waals surface area contributed by atoms with Gasteiger partial charge in [-0.1, -0.05) is 13.8 Å². The highest BCUT2D eigenvalue weighted by atomic mass is 32.2. The summed E-state index contributed by atoms with van der Waals surface area (Å²) in [6.07, 6.45) is 3.40. The molecular weight excluding hydrogens is 236 g/mol. The van der Waals surface area contributed by atoms with Crippen molar-refractivity contribution in [3.05, 3.63) is 0 Å². The van der Waals surface area contributed by atoms with Crippen molar-refractivity contribution < 1.29 is 15.0 Å². The highest BCUT2D eigenvalue weighted by Gasteiger charge is 2.60. The molecule has 1 heterocycles. The zero-order valence-electron chi connectivity index (χ0n) is 10.7. The summed E-state index contributed by atoms with van der Waals surface area (Å²) in [4.78, 5) is 11.7. The lowest BCUT2D eigenvalue weighted by molar-refractivity contribution is -0.171. The van der Waals surface area contributed by atoms with Crippen molar-refractivity contribution in [2.24, 2.45) is 10.8 Å². The maximum Gasteiger partial charge on any atom is 0.312 e. The predicted molar refractivity (Wildman–Crippen MR) is 69.2 cm³/mol. The second-order valence-electron chi connectivity index (χ2n) is 6.37. The molecule has 1 aliphatic carbocycles. The lowest BCUT2D eigenvalue weighted by Crippen LogP contribution is -2.54. The highest BCUT2D eigenvalue weighted by Crippen LogP contribution is 2.56. The fourth-order valence-corrected chi connectivity index (χ4v) is 4.71. The zero-order valence-corrected chi connectivity index (χ0v) is 11.5. The third-order valence-corrected chi connectivity index (χ3v) is 5.62. The zero-order chi connectivity index (χ0) is 12.7. The van der Waals surface area contributed by atoms with Crippen molar-refractivity contribution in [3.63, 3.8) is 0 Å². The van der Waals surface area contributed by atoms with Gasteiger partial charge < -0.3 is 10.2 Å². The van der Waals surface area contributed by atoms with Gasteiger partial charge in [-0.15, -0.1) is 0 Å². The van der Waals surface area contributed by atoms with Crippen LogP contribution in [0.5, 0.6) is 0 Å². The van der Waals surface area contributed by atoms with Crippen molar-refractivity contribution in [1.29, 1.82) is 0 Å². The summed E-state index contributed by atoms with van der Waals surface area (Å²) in [5.74, 6) is 0.919. The Labute approximate surface area is 107 Å². The number of carbonyl (C=O) groups is 1. The van der Waals surface area contributed by atoms with E-state index >= 15 is 0 Å². The van der Waals surface area contributed by atoms with E-state index in [-0.39, 0.29) is 5.41 Å². The number of rotatable bonds is 2. The van der Waals surface area contributed by atoms with Gasteiger partial charge in [0.15, 0.2) is 0 Å². The Balaban J connectivity index is 2.30. The lowest BCUT2D eigenvalue weighted by Gasteiger charge is -2.45. The molecule has 2 rings (SSSR count). The number of aliphatic carboxylic acids is 1.